The predicted molar refractivity (Wildman–Crippen MR) is 91.9 cm³/mol. The van der Waals surface area contributed by atoms with Crippen molar-refractivity contribution < 1.29 is 18.0 Å². The molecule has 1 amide bonds. The molecule has 0 saturated heterocycles. The average molecular weight is 339 g/mol. The first-order valence-electron chi connectivity index (χ1n) is 7.66. The molecule has 3 aromatic carbocycles. The second-order valence-electron chi connectivity index (χ2n) is 5.84. The highest BCUT2D eigenvalue weighted by Crippen LogP contribution is 2.38. The smallest absolute Gasteiger partial charge is 0.321 e. The summed E-state index contributed by atoms with van der Waals surface area (Å²) in [5, 5.41) is 4.53. The number of rotatable bonds is 1. The zero-order chi connectivity index (χ0) is 17.6. The molecular weight excluding hydrogens is 327 g/mol. The van der Waals surface area contributed by atoms with E-state index in [1.807, 2.05) is 42.5 Å². The Morgan fingerprint density at radius 1 is 0.920 bits per heavy atom. The minimum Gasteiger partial charge on any atom is -0.321 e. The number of hydrogen-bond donors (Lipinski definition) is 1. The van der Waals surface area contributed by atoms with Gasteiger partial charge >= 0.3 is 6.18 Å². The Bertz CT molecular complexity index is 1030. The third-order valence-electron chi connectivity index (χ3n) is 4.25. The van der Waals surface area contributed by atoms with Crippen molar-refractivity contribution in [3.05, 3.63) is 77.4 Å². The van der Waals surface area contributed by atoms with Gasteiger partial charge in [0.2, 0.25) is 0 Å². The molecule has 4 rings (SSSR count). The number of benzene rings is 3. The van der Waals surface area contributed by atoms with E-state index in [1.165, 1.54) is 6.07 Å². The highest BCUT2D eigenvalue weighted by Gasteiger charge is 2.33. The van der Waals surface area contributed by atoms with Crippen molar-refractivity contribution in [2.45, 2.75) is 6.18 Å². The Kier molecular flexibility index (Phi) is 3.39. The summed E-state index contributed by atoms with van der Waals surface area (Å²) < 4.78 is 38.5. The number of carbonyl (C=O) groups excluding carboxylic acids is 1. The fourth-order valence-corrected chi connectivity index (χ4v) is 3.05. The molecule has 0 bridgehead atoms. The summed E-state index contributed by atoms with van der Waals surface area (Å²) in [5.41, 5.74) is 1.09. The second-order valence-corrected chi connectivity index (χ2v) is 5.84. The van der Waals surface area contributed by atoms with Crippen LogP contribution in [-0.4, -0.2) is 5.91 Å². The maximum Gasteiger partial charge on any atom is 0.416 e. The van der Waals surface area contributed by atoms with Crippen molar-refractivity contribution in [1.82, 2.24) is 0 Å². The van der Waals surface area contributed by atoms with Crippen LogP contribution in [0.1, 0.15) is 16.7 Å². The third kappa shape index (κ3) is 2.67. The SMILES string of the molecule is O=C1Nc2cc(C(F)(F)F)ccc2/C1=C/c1cccc2ccccc12. The van der Waals surface area contributed by atoms with E-state index in [4.69, 9.17) is 0 Å². The molecule has 0 unspecified atom stereocenters. The zero-order valence-corrected chi connectivity index (χ0v) is 12.9. The fraction of sp³-hybridized carbons (Fsp3) is 0.0500. The van der Waals surface area contributed by atoms with Crippen molar-refractivity contribution in [2.75, 3.05) is 5.32 Å². The summed E-state index contributed by atoms with van der Waals surface area (Å²) in [6.07, 6.45) is -2.72. The lowest BCUT2D eigenvalue weighted by Gasteiger charge is -2.08. The summed E-state index contributed by atoms with van der Waals surface area (Å²) in [7, 11) is 0. The zero-order valence-electron chi connectivity index (χ0n) is 12.9. The Morgan fingerprint density at radius 3 is 2.48 bits per heavy atom. The lowest BCUT2D eigenvalue weighted by atomic mass is 9.99. The van der Waals surface area contributed by atoms with Crippen LogP contribution in [0.3, 0.4) is 0 Å². The Morgan fingerprint density at radius 2 is 1.68 bits per heavy atom. The molecule has 5 heteroatoms. The molecule has 0 aliphatic carbocycles. The first-order valence-corrected chi connectivity index (χ1v) is 7.66. The lowest BCUT2D eigenvalue weighted by molar-refractivity contribution is -0.137. The quantitative estimate of drug-likeness (QED) is 0.595. The lowest BCUT2D eigenvalue weighted by Crippen LogP contribution is -2.06. The fourth-order valence-electron chi connectivity index (χ4n) is 3.05. The van der Waals surface area contributed by atoms with E-state index in [9.17, 15) is 18.0 Å². The van der Waals surface area contributed by atoms with Gasteiger partial charge in [-0.25, -0.2) is 0 Å². The molecule has 1 heterocycles. The van der Waals surface area contributed by atoms with Gasteiger partial charge in [0.15, 0.2) is 0 Å². The van der Waals surface area contributed by atoms with Crippen molar-refractivity contribution in [3.63, 3.8) is 0 Å². The molecule has 0 spiro atoms. The molecule has 25 heavy (non-hydrogen) atoms. The van der Waals surface area contributed by atoms with Crippen LogP contribution in [0.4, 0.5) is 18.9 Å². The summed E-state index contributed by atoms with van der Waals surface area (Å²) >= 11 is 0. The van der Waals surface area contributed by atoms with E-state index in [2.05, 4.69) is 5.32 Å². The van der Waals surface area contributed by atoms with Gasteiger partial charge in [-0.05, 0) is 34.5 Å². The highest BCUT2D eigenvalue weighted by molar-refractivity contribution is 6.35. The Balaban J connectivity index is 1.85. The van der Waals surface area contributed by atoms with Crippen LogP contribution in [0.25, 0.3) is 22.4 Å². The molecule has 1 N–H and O–H groups in total. The van der Waals surface area contributed by atoms with Gasteiger partial charge in [0.05, 0.1) is 5.56 Å². The Hall–Kier alpha value is -3.08. The molecule has 124 valence electrons. The third-order valence-corrected chi connectivity index (χ3v) is 4.25. The van der Waals surface area contributed by atoms with E-state index < -0.39 is 17.6 Å². The van der Waals surface area contributed by atoms with Crippen LogP contribution in [0.15, 0.2) is 60.7 Å². The minimum absolute atomic E-state index is 0.186. The van der Waals surface area contributed by atoms with Crippen LogP contribution in [0, 0.1) is 0 Å². The molecule has 0 saturated carbocycles. The van der Waals surface area contributed by atoms with Crippen molar-refractivity contribution in [3.8, 4) is 0 Å². The van der Waals surface area contributed by atoms with Gasteiger partial charge in [-0.15, -0.1) is 0 Å². The number of fused-ring (bicyclic) bond motifs is 2. The molecule has 2 nitrogen and oxygen atoms in total. The second kappa shape index (κ2) is 5.48. The van der Waals surface area contributed by atoms with Gasteiger partial charge < -0.3 is 5.32 Å². The topological polar surface area (TPSA) is 29.1 Å². The van der Waals surface area contributed by atoms with E-state index in [0.717, 1.165) is 28.5 Å². The molecule has 3 aromatic rings. The standard InChI is InChI=1S/C20H12F3NO/c21-20(22,23)14-8-9-16-17(19(25)24-18(16)11-14)10-13-6-3-5-12-4-1-2-7-15(12)13/h1-11H,(H,24,25)/b17-10-. The largest absolute Gasteiger partial charge is 0.416 e. The monoisotopic (exact) mass is 339 g/mol. The van der Waals surface area contributed by atoms with Crippen LogP contribution in [-0.2, 0) is 11.0 Å². The number of halogens is 3. The van der Waals surface area contributed by atoms with Crippen LogP contribution in [0.5, 0.6) is 0 Å². The van der Waals surface area contributed by atoms with Gasteiger partial charge in [0, 0.05) is 16.8 Å². The van der Waals surface area contributed by atoms with Gasteiger partial charge in [-0.1, -0.05) is 48.5 Å². The van der Waals surface area contributed by atoms with E-state index in [-0.39, 0.29) is 5.69 Å². The molecule has 1 aliphatic heterocycles. The molecule has 0 radical (unpaired) electrons. The Labute approximate surface area is 141 Å². The first kappa shape index (κ1) is 15.4. The highest BCUT2D eigenvalue weighted by atomic mass is 19.4. The molecular formula is C20H12F3NO. The maximum atomic E-state index is 12.8. The van der Waals surface area contributed by atoms with Crippen molar-refractivity contribution >= 4 is 34.0 Å². The van der Waals surface area contributed by atoms with Gasteiger partial charge in [0.25, 0.3) is 5.91 Å². The summed E-state index contributed by atoms with van der Waals surface area (Å²) in [6, 6.07) is 16.8. The summed E-state index contributed by atoms with van der Waals surface area (Å²) in [6.45, 7) is 0. The number of anilines is 1. The number of amides is 1. The number of nitrogens with one attached hydrogen (secondary N) is 1. The van der Waals surface area contributed by atoms with E-state index in [1.54, 1.807) is 6.08 Å². The van der Waals surface area contributed by atoms with Crippen LogP contribution >= 0.6 is 0 Å². The minimum atomic E-state index is -4.44. The van der Waals surface area contributed by atoms with E-state index in [0.29, 0.717) is 11.1 Å². The molecule has 0 atom stereocenters. The molecule has 1 aliphatic rings. The maximum absolute atomic E-state index is 12.8. The first-order chi connectivity index (χ1) is 11.9. The number of hydrogen-bond acceptors (Lipinski definition) is 1. The van der Waals surface area contributed by atoms with Crippen LogP contribution < -0.4 is 5.32 Å². The normalized spacial score (nSPS) is 15.5. The van der Waals surface area contributed by atoms with Crippen LogP contribution in [0.2, 0.25) is 0 Å². The number of alkyl halides is 3. The van der Waals surface area contributed by atoms with Gasteiger partial charge in [0.1, 0.15) is 0 Å². The predicted octanol–water partition coefficient (Wildman–Crippen LogP) is 5.35. The molecule has 0 aromatic heterocycles. The van der Waals surface area contributed by atoms with E-state index >= 15 is 0 Å². The summed E-state index contributed by atoms with van der Waals surface area (Å²) in [4.78, 5) is 12.3. The van der Waals surface area contributed by atoms with Gasteiger partial charge in [-0.3, -0.25) is 4.79 Å². The van der Waals surface area contributed by atoms with Crippen molar-refractivity contribution in [2.24, 2.45) is 0 Å². The molecule has 0 fully saturated rings. The summed E-state index contributed by atoms with van der Waals surface area (Å²) in [5.74, 6) is -0.401. The average Bonchev–Trinajstić information content (AvgIpc) is 2.89. The van der Waals surface area contributed by atoms with Gasteiger partial charge in [-0.2, -0.15) is 13.2 Å². The van der Waals surface area contributed by atoms with Crippen molar-refractivity contribution in [1.29, 1.82) is 0 Å². The number of carbonyl (C=O) groups is 1.